The molecule has 1 aliphatic heterocycles. The number of benzene rings is 1. The minimum absolute atomic E-state index is 0. The number of rotatable bonds is 12. The molecule has 2 nitrogen and oxygen atoms in total. The Morgan fingerprint density at radius 1 is 1.00 bits per heavy atom. The molecule has 0 radical (unpaired) electrons. The van der Waals surface area contributed by atoms with E-state index in [-0.39, 0.29) is 29.5 Å². The Morgan fingerprint density at radius 3 is 2.10 bits per heavy atom. The van der Waals surface area contributed by atoms with Crippen LogP contribution in [0.4, 0.5) is 0 Å². The SMILES string of the molecule is C#CCCCCCCCCCCc1c(C2=[N+](C)C(C)(C)CO2)cccc1[Si](C)(C)C.[I-]. The normalized spacial score (nSPS) is 15.4. The van der Waals surface area contributed by atoms with Gasteiger partial charge in [-0.25, -0.2) is 0 Å². The molecule has 0 aromatic heterocycles. The van der Waals surface area contributed by atoms with Crippen LogP contribution in [-0.2, 0) is 11.2 Å². The van der Waals surface area contributed by atoms with Crippen LogP contribution in [0.3, 0.4) is 0 Å². The van der Waals surface area contributed by atoms with Gasteiger partial charge in [0.25, 0.3) is 0 Å². The number of halogens is 1. The first-order chi connectivity index (χ1) is 14.2. The van der Waals surface area contributed by atoms with Gasteiger partial charge in [0.05, 0.1) is 13.6 Å². The highest BCUT2D eigenvalue weighted by molar-refractivity contribution is 6.89. The second-order valence-electron chi connectivity index (χ2n) is 10.6. The van der Waals surface area contributed by atoms with E-state index in [4.69, 9.17) is 11.2 Å². The number of terminal acetylenes is 1. The highest BCUT2D eigenvalue weighted by atomic mass is 127. The molecule has 0 fully saturated rings. The lowest BCUT2D eigenvalue weighted by molar-refractivity contribution is -0.562. The zero-order valence-electron chi connectivity index (χ0n) is 20.8. The molecule has 2 rings (SSSR count). The van der Waals surface area contributed by atoms with E-state index in [2.05, 4.69) is 69.2 Å². The average Bonchev–Trinajstić information content (AvgIpc) is 2.95. The van der Waals surface area contributed by atoms with Crippen molar-refractivity contribution < 1.29 is 33.3 Å². The first-order valence-corrected chi connectivity index (χ1v) is 15.5. The summed E-state index contributed by atoms with van der Waals surface area (Å²) >= 11 is 0. The topological polar surface area (TPSA) is 12.2 Å². The standard InChI is InChI=1S/C27H44NOSi.HI/c1-8-9-10-11-12-13-14-15-16-17-19-23-24(20-18-21-25(23)30(5,6)7)26-28(4)27(2,3)22-29-26;/h1,18,20-21H,9-17,19,22H2,2-7H3;1H/q+1;/p-1. The van der Waals surface area contributed by atoms with Crippen LogP contribution in [0.25, 0.3) is 0 Å². The van der Waals surface area contributed by atoms with Crippen molar-refractivity contribution in [3.05, 3.63) is 29.3 Å². The number of unbranched alkanes of at least 4 members (excludes halogenated alkanes) is 8. The Balaban J connectivity index is 0.00000480. The average molecular weight is 554 g/mol. The van der Waals surface area contributed by atoms with Gasteiger partial charge in [0.1, 0.15) is 7.05 Å². The van der Waals surface area contributed by atoms with Crippen LogP contribution in [0.2, 0.25) is 19.6 Å². The molecule has 4 heteroatoms. The van der Waals surface area contributed by atoms with Crippen LogP contribution in [0.15, 0.2) is 18.2 Å². The minimum atomic E-state index is -1.42. The van der Waals surface area contributed by atoms with Crippen LogP contribution in [-0.4, -0.2) is 37.7 Å². The lowest BCUT2D eigenvalue weighted by atomic mass is 9.99. The van der Waals surface area contributed by atoms with E-state index in [1.54, 1.807) is 10.8 Å². The van der Waals surface area contributed by atoms with Crippen molar-refractivity contribution in [1.82, 2.24) is 0 Å². The molecule has 31 heavy (non-hydrogen) atoms. The van der Waals surface area contributed by atoms with Gasteiger partial charge in [-0.2, -0.15) is 4.58 Å². The third-order valence-corrected chi connectivity index (χ3v) is 8.57. The Kier molecular flexibility index (Phi) is 11.9. The predicted molar refractivity (Wildman–Crippen MR) is 134 cm³/mol. The molecule has 0 saturated heterocycles. The predicted octanol–water partition coefficient (Wildman–Crippen LogP) is 3.12. The fourth-order valence-corrected chi connectivity index (χ4v) is 6.08. The number of likely N-dealkylation sites (N-methyl/N-ethyl adjacent to an activating group) is 1. The Labute approximate surface area is 210 Å². The van der Waals surface area contributed by atoms with Crippen molar-refractivity contribution >= 4 is 19.2 Å². The molecule has 0 bridgehead atoms. The largest absolute Gasteiger partial charge is 1.00 e. The van der Waals surface area contributed by atoms with Gasteiger partial charge in [-0.1, -0.05) is 75.5 Å². The summed E-state index contributed by atoms with van der Waals surface area (Å²) in [4.78, 5) is 0. The molecule has 1 aliphatic rings. The van der Waals surface area contributed by atoms with Gasteiger partial charge in [-0.15, -0.1) is 12.3 Å². The Hall–Kier alpha value is -0.803. The highest BCUT2D eigenvalue weighted by Crippen LogP contribution is 2.23. The molecule has 1 heterocycles. The molecule has 0 spiro atoms. The summed E-state index contributed by atoms with van der Waals surface area (Å²) in [6.45, 7) is 12.7. The fraction of sp³-hybridized carbons (Fsp3) is 0.667. The first kappa shape index (κ1) is 28.2. The van der Waals surface area contributed by atoms with Crippen molar-refractivity contribution in [2.24, 2.45) is 0 Å². The number of hydrogen-bond donors (Lipinski definition) is 0. The van der Waals surface area contributed by atoms with Gasteiger partial charge in [0, 0.05) is 20.3 Å². The van der Waals surface area contributed by atoms with E-state index in [1.807, 2.05) is 0 Å². The third kappa shape index (κ3) is 8.24. The molecule has 0 aliphatic carbocycles. The lowest BCUT2D eigenvalue weighted by Gasteiger charge is -2.23. The second-order valence-corrected chi connectivity index (χ2v) is 15.6. The summed E-state index contributed by atoms with van der Waals surface area (Å²) in [5.74, 6) is 3.81. The van der Waals surface area contributed by atoms with E-state index in [9.17, 15) is 0 Å². The minimum Gasteiger partial charge on any atom is -1.00 e. The van der Waals surface area contributed by atoms with E-state index < -0.39 is 8.07 Å². The summed E-state index contributed by atoms with van der Waals surface area (Å²) in [7, 11) is 0.761. The van der Waals surface area contributed by atoms with Gasteiger partial charge < -0.3 is 28.7 Å². The maximum atomic E-state index is 6.22. The van der Waals surface area contributed by atoms with Crippen molar-refractivity contribution in [1.29, 1.82) is 0 Å². The Morgan fingerprint density at radius 2 is 1.58 bits per heavy atom. The monoisotopic (exact) mass is 553 g/mol. The zero-order valence-corrected chi connectivity index (χ0v) is 24.0. The molecular weight excluding hydrogens is 509 g/mol. The molecule has 174 valence electrons. The molecule has 0 N–H and O–H groups in total. The molecule has 0 atom stereocenters. The molecule has 0 unspecified atom stereocenters. The number of nitrogens with zero attached hydrogens (tertiary/aromatic N) is 1. The number of ether oxygens (including phenoxy) is 1. The van der Waals surface area contributed by atoms with Gasteiger partial charge in [-0.05, 0) is 30.9 Å². The van der Waals surface area contributed by atoms with Crippen LogP contribution in [0.1, 0.15) is 82.8 Å². The van der Waals surface area contributed by atoms with Gasteiger partial charge >= 0.3 is 5.90 Å². The van der Waals surface area contributed by atoms with E-state index >= 15 is 0 Å². The van der Waals surface area contributed by atoms with Crippen LogP contribution in [0, 0.1) is 12.3 Å². The highest BCUT2D eigenvalue weighted by Gasteiger charge is 2.41. The van der Waals surface area contributed by atoms with Crippen LogP contribution < -0.4 is 29.2 Å². The molecular formula is C27H44INOSi. The smallest absolute Gasteiger partial charge is 0.370 e. The fourth-order valence-electron chi connectivity index (χ4n) is 4.32. The number of hydrogen-bond acceptors (Lipinski definition) is 1. The summed E-state index contributed by atoms with van der Waals surface area (Å²) in [5.41, 5.74) is 2.93. The summed E-state index contributed by atoms with van der Waals surface area (Å²) in [6, 6.07) is 6.90. The van der Waals surface area contributed by atoms with Crippen molar-refractivity contribution in [2.75, 3.05) is 13.7 Å². The van der Waals surface area contributed by atoms with E-state index in [0.717, 1.165) is 18.9 Å². The third-order valence-electron chi connectivity index (χ3n) is 6.49. The summed E-state index contributed by atoms with van der Waals surface area (Å²) in [5, 5.41) is 1.60. The van der Waals surface area contributed by atoms with Gasteiger partial charge in [0.2, 0.25) is 0 Å². The molecule has 1 aromatic rings. The van der Waals surface area contributed by atoms with Crippen molar-refractivity contribution in [3.63, 3.8) is 0 Å². The molecule has 0 saturated carbocycles. The zero-order chi connectivity index (χ0) is 22.2. The van der Waals surface area contributed by atoms with Gasteiger partial charge in [-0.3, -0.25) is 0 Å². The van der Waals surface area contributed by atoms with Crippen LogP contribution in [0.5, 0.6) is 0 Å². The van der Waals surface area contributed by atoms with Crippen molar-refractivity contribution in [2.45, 2.75) is 103 Å². The molecule has 1 aromatic carbocycles. The van der Waals surface area contributed by atoms with Crippen molar-refractivity contribution in [3.8, 4) is 12.3 Å². The van der Waals surface area contributed by atoms with Gasteiger partial charge in [0.15, 0.2) is 12.1 Å². The van der Waals surface area contributed by atoms with Crippen LogP contribution >= 0.6 is 0 Å². The second kappa shape index (κ2) is 13.0. The quantitative estimate of drug-likeness (QED) is 0.127. The lowest BCUT2D eigenvalue weighted by Crippen LogP contribution is -3.00. The maximum absolute atomic E-state index is 6.22. The van der Waals surface area contributed by atoms with E-state index in [0.29, 0.717) is 0 Å². The first-order valence-electron chi connectivity index (χ1n) is 12.0. The maximum Gasteiger partial charge on any atom is 0.370 e. The summed E-state index contributed by atoms with van der Waals surface area (Å²) < 4.78 is 8.55. The summed E-state index contributed by atoms with van der Waals surface area (Å²) in [6.07, 6.45) is 17.9. The molecule has 0 amide bonds. The Bertz CT molecular complexity index is 770. The van der Waals surface area contributed by atoms with E-state index in [1.165, 1.54) is 63.4 Å².